The van der Waals surface area contributed by atoms with Gasteiger partial charge in [0.25, 0.3) is 5.91 Å². The number of hydrogen-bond acceptors (Lipinski definition) is 5. The van der Waals surface area contributed by atoms with Gasteiger partial charge in [0, 0.05) is 12.8 Å². The molecule has 1 unspecified atom stereocenters. The molecule has 0 saturated carbocycles. The molecule has 0 aromatic rings. The van der Waals surface area contributed by atoms with Crippen LogP contribution in [0, 0.1) is 5.41 Å². The molecule has 2 aliphatic heterocycles. The second-order valence-electron chi connectivity index (χ2n) is 5.66. The number of aliphatic hydroxyl groups excluding tert-OH is 1. The van der Waals surface area contributed by atoms with Gasteiger partial charge in [0.1, 0.15) is 0 Å². The molecular weight excluding hydrogens is 252 g/mol. The fourth-order valence-electron chi connectivity index (χ4n) is 2.56. The summed E-state index contributed by atoms with van der Waals surface area (Å²) in [6.07, 6.45) is -0.0552. The molecule has 7 nitrogen and oxygen atoms in total. The topological polar surface area (TPSA) is 104 Å². The van der Waals surface area contributed by atoms with Gasteiger partial charge >= 0.3 is 0 Å². The van der Waals surface area contributed by atoms with Crippen molar-refractivity contribution in [1.82, 2.24) is 10.2 Å². The van der Waals surface area contributed by atoms with E-state index in [1.165, 1.54) is 0 Å². The van der Waals surface area contributed by atoms with E-state index in [9.17, 15) is 24.3 Å². The van der Waals surface area contributed by atoms with Crippen LogP contribution in [0.3, 0.4) is 0 Å². The molecule has 2 saturated heterocycles. The Hall–Kier alpha value is -1.76. The van der Waals surface area contributed by atoms with E-state index >= 15 is 0 Å². The van der Waals surface area contributed by atoms with Crippen molar-refractivity contribution in [3.63, 3.8) is 0 Å². The first kappa shape index (κ1) is 13.7. The Balaban J connectivity index is 2.42. The summed E-state index contributed by atoms with van der Waals surface area (Å²) in [7, 11) is 0. The summed E-state index contributed by atoms with van der Waals surface area (Å²) >= 11 is 0. The Kier molecular flexibility index (Phi) is 2.97. The molecule has 2 heterocycles. The summed E-state index contributed by atoms with van der Waals surface area (Å²) in [5.41, 5.74) is -2.53. The van der Waals surface area contributed by atoms with Gasteiger partial charge in [0.05, 0.1) is 12.0 Å². The van der Waals surface area contributed by atoms with Gasteiger partial charge in [-0.2, -0.15) is 0 Å². The van der Waals surface area contributed by atoms with Crippen molar-refractivity contribution in [2.75, 3.05) is 6.61 Å². The molecule has 2 N–H and O–H groups in total. The van der Waals surface area contributed by atoms with Gasteiger partial charge in [0.2, 0.25) is 17.7 Å². The lowest BCUT2D eigenvalue weighted by molar-refractivity contribution is -0.162. The highest BCUT2D eigenvalue weighted by atomic mass is 16.3. The van der Waals surface area contributed by atoms with Crippen molar-refractivity contribution in [3.8, 4) is 0 Å². The molecule has 0 aliphatic carbocycles. The second kappa shape index (κ2) is 4.12. The van der Waals surface area contributed by atoms with Gasteiger partial charge in [-0.05, 0) is 6.42 Å². The first-order valence-electron chi connectivity index (χ1n) is 6.07. The van der Waals surface area contributed by atoms with Crippen molar-refractivity contribution in [2.45, 2.75) is 38.6 Å². The second-order valence-corrected chi connectivity index (χ2v) is 5.66. The maximum Gasteiger partial charge on any atom is 0.255 e. The number of amides is 4. The van der Waals surface area contributed by atoms with Crippen molar-refractivity contribution in [3.05, 3.63) is 0 Å². The Morgan fingerprint density at radius 3 is 2.32 bits per heavy atom. The molecular formula is C12H16N2O5. The molecule has 0 aromatic heterocycles. The van der Waals surface area contributed by atoms with Gasteiger partial charge in [-0.1, -0.05) is 13.8 Å². The number of nitrogens with zero attached hydrogens (tertiary/aromatic N) is 1. The first-order valence-corrected chi connectivity index (χ1v) is 6.07. The van der Waals surface area contributed by atoms with Crippen LogP contribution in [0.15, 0.2) is 0 Å². The number of carbonyl (C=O) groups is 4. The third kappa shape index (κ3) is 1.85. The standard InChI is InChI=1S/C12H16N2O5/c1-11(2)5-8(17)14(10(11)19)12(6-15)4-3-7(16)13-9(12)18/h15H,3-6H2,1-2H3,(H,13,16,18). The summed E-state index contributed by atoms with van der Waals surface area (Å²) < 4.78 is 0. The number of imide groups is 2. The lowest BCUT2D eigenvalue weighted by Gasteiger charge is -2.40. The molecule has 0 spiro atoms. The summed E-state index contributed by atoms with van der Waals surface area (Å²) in [6, 6.07) is 0. The van der Waals surface area contributed by atoms with E-state index < -0.39 is 41.2 Å². The number of rotatable bonds is 2. The molecule has 1 atom stereocenters. The minimum Gasteiger partial charge on any atom is -0.393 e. The van der Waals surface area contributed by atoms with E-state index in [1.54, 1.807) is 13.8 Å². The Morgan fingerprint density at radius 2 is 1.89 bits per heavy atom. The van der Waals surface area contributed by atoms with E-state index in [0.717, 1.165) is 4.90 Å². The van der Waals surface area contributed by atoms with Crippen LogP contribution in [-0.2, 0) is 19.2 Å². The van der Waals surface area contributed by atoms with E-state index in [4.69, 9.17) is 0 Å². The van der Waals surface area contributed by atoms with Gasteiger partial charge < -0.3 is 5.11 Å². The molecule has 104 valence electrons. The molecule has 0 bridgehead atoms. The zero-order valence-corrected chi connectivity index (χ0v) is 10.9. The summed E-state index contributed by atoms with van der Waals surface area (Å²) in [6.45, 7) is 2.55. The van der Waals surface area contributed by atoms with E-state index in [0.29, 0.717) is 0 Å². The van der Waals surface area contributed by atoms with Crippen LogP contribution in [0.25, 0.3) is 0 Å². The van der Waals surface area contributed by atoms with Crippen molar-refractivity contribution in [1.29, 1.82) is 0 Å². The Labute approximate surface area is 109 Å². The minimum atomic E-state index is -1.64. The number of hydrogen-bond donors (Lipinski definition) is 2. The highest BCUT2D eigenvalue weighted by Gasteiger charge is 2.58. The van der Waals surface area contributed by atoms with Gasteiger partial charge in [-0.3, -0.25) is 29.4 Å². The lowest BCUT2D eigenvalue weighted by atomic mass is 9.86. The van der Waals surface area contributed by atoms with Crippen LogP contribution in [-0.4, -0.2) is 45.8 Å². The van der Waals surface area contributed by atoms with Crippen molar-refractivity contribution < 1.29 is 24.3 Å². The molecule has 2 fully saturated rings. The molecule has 19 heavy (non-hydrogen) atoms. The zero-order chi connectivity index (χ0) is 14.4. The van der Waals surface area contributed by atoms with Crippen LogP contribution in [0.2, 0.25) is 0 Å². The third-order valence-corrected chi connectivity index (χ3v) is 3.76. The fourth-order valence-corrected chi connectivity index (χ4v) is 2.56. The smallest absolute Gasteiger partial charge is 0.255 e. The third-order valence-electron chi connectivity index (χ3n) is 3.76. The number of nitrogens with one attached hydrogen (secondary N) is 1. The highest BCUT2D eigenvalue weighted by Crippen LogP contribution is 2.38. The summed E-state index contributed by atoms with van der Waals surface area (Å²) in [5, 5.41) is 11.6. The fraction of sp³-hybridized carbons (Fsp3) is 0.667. The molecule has 7 heteroatoms. The minimum absolute atomic E-state index is 0.00515. The van der Waals surface area contributed by atoms with Crippen LogP contribution < -0.4 is 5.32 Å². The quantitative estimate of drug-likeness (QED) is 0.621. The highest BCUT2D eigenvalue weighted by molar-refractivity contribution is 6.12. The largest absolute Gasteiger partial charge is 0.393 e. The lowest BCUT2D eigenvalue weighted by Crippen LogP contribution is -2.66. The van der Waals surface area contributed by atoms with Gasteiger partial charge in [-0.25, -0.2) is 0 Å². The molecule has 0 aromatic carbocycles. The van der Waals surface area contributed by atoms with Crippen LogP contribution in [0.5, 0.6) is 0 Å². The maximum atomic E-state index is 12.3. The number of carbonyl (C=O) groups excluding carboxylic acids is 4. The van der Waals surface area contributed by atoms with Crippen LogP contribution in [0.1, 0.15) is 33.1 Å². The monoisotopic (exact) mass is 268 g/mol. The molecule has 0 radical (unpaired) electrons. The van der Waals surface area contributed by atoms with Crippen LogP contribution in [0.4, 0.5) is 0 Å². The van der Waals surface area contributed by atoms with Crippen LogP contribution >= 0.6 is 0 Å². The van der Waals surface area contributed by atoms with E-state index in [-0.39, 0.29) is 19.3 Å². The normalized spacial score (nSPS) is 30.8. The van der Waals surface area contributed by atoms with Crippen molar-refractivity contribution in [2.24, 2.45) is 5.41 Å². The molecule has 2 aliphatic rings. The van der Waals surface area contributed by atoms with Gasteiger partial charge in [0.15, 0.2) is 5.54 Å². The average Bonchev–Trinajstić information content (AvgIpc) is 2.51. The number of likely N-dealkylation sites (tertiary alicyclic amines) is 1. The average molecular weight is 268 g/mol. The predicted octanol–water partition coefficient (Wildman–Crippen LogP) is -1.06. The zero-order valence-electron chi connectivity index (χ0n) is 10.9. The van der Waals surface area contributed by atoms with E-state index in [2.05, 4.69) is 5.32 Å². The predicted molar refractivity (Wildman–Crippen MR) is 62.5 cm³/mol. The number of aliphatic hydroxyl groups is 1. The van der Waals surface area contributed by atoms with E-state index in [1.807, 2.05) is 0 Å². The van der Waals surface area contributed by atoms with Gasteiger partial charge in [-0.15, -0.1) is 0 Å². The summed E-state index contributed by atoms with van der Waals surface area (Å²) in [4.78, 5) is 48.3. The Morgan fingerprint density at radius 1 is 1.26 bits per heavy atom. The molecule has 2 rings (SSSR count). The Bertz CT molecular complexity index is 485. The van der Waals surface area contributed by atoms with Crippen molar-refractivity contribution >= 4 is 23.6 Å². The number of piperidine rings is 1. The first-order chi connectivity index (χ1) is 8.74. The summed E-state index contributed by atoms with van der Waals surface area (Å²) in [5.74, 6) is -2.23. The molecule has 4 amide bonds. The SMILES string of the molecule is CC1(C)CC(=O)N(C2(CO)CCC(=O)NC2=O)C1=O. The maximum absolute atomic E-state index is 12.3.